The highest BCUT2D eigenvalue weighted by molar-refractivity contribution is 5.98. The van der Waals surface area contributed by atoms with E-state index in [0.29, 0.717) is 25.0 Å². The molecule has 2 aromatic heterocycles. The summed E-state index contributed by atoms with van der Waals surface area (Å²) in [5.74, 6) is -1.76. The van der Waals surface area contributed by atoms with Gasteiger partial charge < -0.3 is 15.7 Å². The molecular weight excluding hydrogens is 494 g/mol. The van der Waals surface area contributed by atoms with Crippen molar-refractivity contribution in [1.29, 1.82) is 0 Å². The van der Waals surface area contributed by atoms with Crippen molar-refractivity contribution < 1.29 is 19.5 Å². The van der Waals surface area contributed by atoms with Crippen LogP contribution in [0.5, 0.6) is 0 Å². The molecule has 1 aliphatic carbocycles. The van der Waals surface area contributed by atoms with Gasteiger partial charge in [-0.2, -0.15) is 5.10 Å². The maximum Gasteiger partial charge on any atom is 0.335 e. The maximum absolute atomic E-state index is 13.5. The Morgan fingerprint density at radius 2 is 1.85 bits per heavy atom. The third kappa shape index (κ3) is 4.37. The second-order valence-electron chi connectivity index (χ2n) is 9.62. The zero-order valence-electron chi connectivity index (χ0n) is 21.1. The Morgan fingerprint density at radius 1 is 1.03 bits per heavy atom. The van der Waals surface area contributed by atoms with E-state index in [1.165, 1.54) is 16.8 Å². The molecule has 0 unspecified atom stereocenters. The van der Waals surface area contributed by atoms with Gasteiger partial charge in [0.15, 0.2) is 5.65 Å². The van der Waals surface area contributed by atoms with E-state index in [9.17, 15) is 19.5 Å². The molecule has 1 atom stereocenters. The number of nitrogens with zero attached hydrogens (tertiary/aromatic N) is 3. The van der Waals surface area contributed by atoms with Crippen LogP contribution >= 0.6 is 0 Å². The normalized spacial score (nSPS) is 14.3. The lowest BCUT2D eigenvalue weighted by molar-refractivity contribution is 0.0695. The Balaban J connectivity index is 1.25. The maximum atomic E-state index is 13.5. The van der Waals surface area contributed by atoms with E-state index in [1.807, 2.05) is 42.5 Å². The van der Waals surface area contributed by atoms with Crippen molar-refractivity contribution in [3.8, 4) is 0 Å². The van der Waals surface area contributed by atoms with Crippen LogP contribution in [0.1, 0.15) is 66.1 Å². The Morgan fingerprint density at radius 3 is 2.69 bits per heavy atom. The van der Waals surface area contributed by atoms with E-state index in [1.54, 1.807) is 25.1 Å². The van der Waals surface area contributed by atoms with Gasteiger partial charge in [-0.15, -0.1) is 0 Å². The summed E-state index contributed by atoms with van der Waals surface area (Å²) in [5, 5.41) is 21.8. The quantitative estimate of drug-likeness (QED) is 0.308. The lowest BCUT2D eigenvalue weighted by Gasteiger charge is -2.16. The molecule has 0 spiro atoms. The molecule has 0 radical (unpaired) electrons. The van der Waals surface area contributed by atoms with Crippen LogP contribution < -0.4 is 10.6 Å². The number of hydrogen-bond donors (Lipinski definition) is 3. The molecule has 3 aromatic carbocycles. The molecule has 2 amide bonds. The third-order valence-electron chi connectivity index (χ3n) is 7.37. The molecule has 5 aromatic rings. The average molecular weight is 520 g/mol. The van der Waals surface area contributed by atoms with Gasteiger partial charge in [-0.05, 0) is 58.9 Å². The second-order valence-corrected chi connectivity index (χ2v) is 9.62. The molecule has 9 heteroatoms. The Hall–Kier alpha value is -5.05. The van der Waals surface area contributed by atoms with Gasteiger partial charge >= 0.3 is 5.97 Å². The predicted octanol–water partition coefficient (Wildman–Crippen LogP) is 4.24. The number of aromatic nitrogens is 3. The first-order valence-corrected chi connectivity index (χ1v) is 12.7. The molecule has 0 saturated heterocycles. The Labute approximate surface area is 223 Å². The number of carboxylic acid groups (broad SMARTS) is 1. The highest BCUT2D eigenvalue weighted by atomic mass is 16.4. The standard InChI is InChI=1S/C30H25N5O4/c1-17-20-11-12-24(23(20)10-9-21(17)30(38)39)34-29(37)26-15-25(33-27-13-14-32-35(26)27)28(36)31-16-19-7-4-6-18-5-2-3-8-22(18)19/h2-10,13-15,24H,11-12,16H2,1H3,(H,31,36)(H,34,37)(H,38,39)/t24-/m0/s1. The summed E-state index contributed by atoms with van der Waals surface area (Å²) in [6, 6.07) is 20.1. The number of aromatic carboxylic acids is 1. The van der Waals surface area contributed by atoms with E-state index >= 15 is 0 Å². The second kappa shape index (κ2) is 9.68. The highest BCUT2D eigenvalue weighted by Crippen LogP contribution is 2.35. The molecule has 9 nitrogen and oxygen atoms in total. The van der Waals surface area contributed by atoms with Crippen molar-refractivity contribution in [2.45, 2.75) is 32.4 Å². The molecule has 2 heterocycles. The first kappa shape index (κ1) is 24.3. The zero-order valence-corrected chi connectivity index (χ0v) is 21.1. The topological polar surface area (TPSA) is 126 Å². The number of hydrogen-bond acceptors (Lipinski definition) is 5. The van der Waals surface area contributed by atoms with E-state index in [0.717, 1.165) is 33.0 Å². The van der Waals surface area contributed by atoms with Crippen LogP contribution in [0.15, 0.2) is 72.9 Å². The molecule has 0 aliphatic heterocycles. The molecule has 6 rings (SSSR count). The molecule has 3 N–H and O–H groups in total. The fraction of sp³-hybridized carbons (Fsp3) is 0.167. The van der Waals surface area contributed by atoms with Crippen molar-refractivity contribution in [2.75, 3.05) is 0 Å². The van der Waals surface area contributed by atoms with Crippen LogP contribution in [0.3, 0.4) is 0 Å². The van der Waals surface area contributed by atoms with Gasteiger partial charge in [0.05, 0.1) is 17.8 Å². The van der Waals surface area contributed by atoms with E-state index in [2.05, 4.69) is 20.7 Å². The van der Waals surface area contributed by atoms with Crippen LogP contribution in [0, 0.1) is 6.92 Å². The molecule has 0 bridgehead atoms. The number of fused-ring (bicyclic) bond motifs is 3. The van der Waals surface area contributed by atoms with Crippen LogP contribution in [-0.4, -0.2) is 37.5 Å². The highest BCUT2D eigenvalue weighted by Gasteiger charge is 2.28. The molecule has 0 fully saturated rings. The average Bonchev–Trinajstić information content (AvgIpc) is 3.58. The lowest BCUT2D eigenvalue weighted by Crippen LogP contribution is -2.30. The summed E-state index contributed by atoms with van der Waals surface area (Å²) < 4.78 is 1.41. The summed E-state index contributed by atoms with van der Waals surface area (Å²) in [6.07, 6.45) is 2.85. The fourth-order valence-electron chi connectivity index (χ4n) is 5.40. The van der Waals surface area contributed by atoms with E-state index in [4.69, 9.17) is 0 Å². The fourth-order valence-corrected chi connectivity index (χ4v) is 5.40. The van der Waals surface area contributed by atoms with Gasteiger partial charge in [0.2, 0.25) is 0 Å². The first-order valence-electron chi connectivity index (χ1n) is 12.7. The van der Waals surface area contributed by atoms with Crippen molar-refractivity contribution >= 4 is 34.2 Å². The molecular formula is C30H25N5O4. The van der Waals surface area contributed by atoms with Crippen molar-refractivity contribution in [1.82, 2.24) is 25.2 Å². The molecule has 194 valence electrons. The van der Waals surface area contributed by atoms with Gasteiger partial charge in [0.1, 0.15) is 11.4 Å². The van der Waals surface area contributed by atoms with Crippen LogP contribution in [0.4, 0.5) is 0 Å². The predicted molar refractivity (Wildman–Crippen MR) is 145 cm³/mol. The minimum absolute atomic E-state index is 0.113. The van der Waals surface area contributed by atoms with Crippen molar-refractivity contribution in [3.05, 3.63) is 112 Å². The third-order valence-corrected chi connectivity index (χ3v) is 7.37. The van der Waals surface area contributed by atoms with Crippen LogP contribution in [-0.2, 0) is 13.0 Å². The van der Waals surface area contributed by atoms with Gasteiger partial charge in [0, 0.05) is 18.7 Å². The number of carboxylic acids is 1. The minimum atomic E-state index is -0.966. The van der Waals surface area contributed by atoms with Crippen LogP contribution in [0.2, 0.25) is 0 Å². The minimum Gasteiger partial charge on any atom is -0.478 e. The number of amides is 2. The number of carbonyl (C=O) groups excluding carboxylic acids is 2. The van der Waals surface area contributed by atoms with E-state index in [-0.39, 0.29) is 23.0 Å². The monoisotopic (exact) mass is 519 g/mol. The van der Waals surface area contributed by atoms with Gasteiger partial charge in [0.25, 0.3) is 11.8 Å². The van der Waals surface area contributed by atoms with Gasteiger partial charge in [-0.3, -0.25) is 9.59 Å². The number of rotatable bonds is 6. The largest absolute Gasteiger partial charge is 0.478 e. The summed E-state index contributed by atoms with van der Waals surface area (Å²) >= 11 is 0. The van der Waals surface area contributed by atoms with Crippen molar-refractivity contribution in [2.24, 2.45) is 0 Å². The number of nitrogens with one attached hydrogen (secondary N) is 2. The number of benzene rings is 3. The Kier molecular flexibility index (Phi) is 6.03. The summed E-state index contributed by atoms with van der Waals surface area (Å²) in [6.45, 7) is 2.11. The van der Waals surface area contributed by atoms with Gasteiger partial charge in [-0.1, -0.05) is 48.5 Å². The summed E-state index contributed by atoms with van der Waals surface area (Å²) in [4.78, 5) is 42.5. The van der Waals surface area contributed by atoms with Gasteiger partial charge in [-0.25, -0.2) is 14.3 Å². The SMILES string of the molecule is Cc1c(C(=O)O)ccc2c1CC[C@@H]2NC(=O)c1cc(C(=O)NCc2cccc3ccccc23)nc2ccnn12. The molecule has 0 saturated carbocycles. The molecule has 1 aliphatic rings. The summed E-state index contributed by atoms with van der Waals surface area (Å²) in [7, 11) is 0. The van der Waals surface area contributed by atoms with Crippen LogP contribution in [0.25, 0.3) is 16.4 Å². The zero-order chi connectivity index (χ0) is 27.1. The lowest BCUT2D eigenvalue weighted by atomic mass is 9.98. The van der Waals surface area contributed by atoms with E-state index < -0.39 is 17.8 Å². The van der Waals surface area contributed by atoms with Crippen molar-refractivity contribution in [3.63, 3.8) is 0 Å². The smallest absolute Gasteiger partial charge is 0.335 e. The molecule has 39 heavy (non-hydrogen) atoms. The first-order chi connectivity index (χ1) is 18.9. The number of carbonyl (C=O) groups is 3. The summed E-state index contributed by atoms with van der Waals surface area (Å²) in [5.41, 5.74) is 4.51. The Bertz CT molecular complexity index is 1790.